The maximum absolute atomic E-state index is 13.3. The molecular formula is C22H30N4O3. The second-order valence-electron chi connectivity index (χ2n) is 7.91. The number of ether oxygens (including phenoxy) is 2. The van der Waals surface area contributed by atoms with E-state index in [1.807, 2.05) is 35.1 Å². The molecule has 0 bridgehead atoms. The molecule has 1 aromatic heterocycles. The predicted molar refractivity (Wildman–Crippen MR) is 110 cm³/mol. The van der Waals surface area contributed by atoms with Crippen LogP contribution in [0.5, 0.6) is 11.5 Å². The van der Waals surface area contributed by atoms with Crippen LogP contribution in [0.2, 0.25) is 0 Å². The highest BCUT2D eigenvalue weighted by molar-refractivity contribution is 5.84. The average Bonchev–Trinajstić information content (AvgIpc) is 3.47. The zero-order valence-corrected chi connectivity index (χ0v) is 17.0. The van der Waals surface area contributed by atoms with Crippen molar-refractivity contribution in [2.24, 2.45) is 0 Å². The highest BCUT2D eigenvalue weighted by Gasteiger charge is 2.41. The molecule has 1 amide bonds. The van der Waals surface area contributed by atoms with E-state index in [-0.39, 0.29) is 12.0 Å². The van der Waals surface area contributed by atoms with Gasteiger partial charge in [0, 0.05) is 30.6 Å². The van der Waals surface area contributed by atoms with Gasteiger partial charge in [-0.25, -0.2) is 0 Å². The molecule has 4 rings (SSSR count). The minimum absolute atomic E-state index is 0.00494. The zero-order chi connectivity index (χ0) is 20.1. The van der Waals surface area contributed by atoms with Crippen molar-refractivity contribution in [2.75, 3.05) is 20.2 Å². The number of hydrogen-bond acceptors (Lipinski definition) is 5. The molecule has 1 saturated carbocycles. The minimum atomic E-state index is -0.645. The third-order valence-electron chi connectivity index (χ3n) is 6.11. The van der Waals surface area contributed by atoms with Crippen LogP contribution in [0.4, 0.5) is 0 Å². The topological polar surface area (TPSA) is 77.4 Å². The Hall–Kier alpha value is -2.54. The number of amides is 1. The monoisotopic (exact) mass is 398 g/mol. The van der Waals surface area contributed by atoms with Crippen LogP contribution >= 0.6 is 0 Å². The van der Waals surface area contributed by atoms with E-state index >= 15 is 0 Å². The number of carbonyl (C=O) groups is 1. The van der Waals surface area contributed by atoms with Crippen molar-refractivity contribution < 1.29 is 14.3 Å². The van der Waals surface area contributed by atoms with Gasteiger partial charge in [0.2, 0.25) is 5.91 Å². The van der Waals surface area contributed by atoms with Crippen molar-refractivity contribution in [1.29, 1.82) is 0 Å². The molecular weight excluding hydrogens is 368 g/mol. The number of methoxy groups -OCH3 is 1. The van der Waals surface area contributed by atoms with Crippen molar-refractivity contribution in [3.63, 3.8) is 0 Å². The molecule has 29 heavy (non-hydrogen) atoms. The number of piperidine rings is 1. The molecule has 7 heteroatoms. The van der Waals surface area contributed by atoms with Crippen LogP contribution in [-0.4, -0.2) is 42.0 Å². The van der Waals surface area contributed by atoms with Gasteiger partial charge in [-0.2, -0.15) is 5.10 Å². The molecule has 1 aliphatic carbocycles. The van der Waals surface area contributed by atoms with E-state index in [4.69, 9.17) is 9.47 Å². The molecule has 1 aromatic carbocycles. The largest absolute Gasteiger partial charge is 0.497 e. The Morgan fingerprint density at radius 1 is 1.31 bits per heavy atom. The van der Waals surface area contributed by atoms with E-state index < -0.39 is 5.54 Å². The van der Waals surface area contributed by atoms with Crippen LogP contribution in [0, 0.1) is 0 Å². The lowest BCUT2D eigenvalue weighted by molar-refractivity contribution is -0.132. The van der Waals surface area contributed by atoms with Crippen molar-refractivity contribution in [1.82, 2.24) is 20.4 Å². The average molecular weight is 399 g/mol. The van der Waals surface area contributed by atoms with E-state index in [2.05, 4.69) is 15.7 Å². The smallest absolute Gasteiger partial charge is 0.248 e. The number of aromatic nitrogens is 2. The van der Waals surface area contributed by atoms with Crippen LogP contribution in [0.3, 0.4) is 0 Å². The van der Waals surface area contributed by atoms with Gasteiger partial charge < -0.3 is 20.1 Å². The number of nitrogens with zero attached hydrogens (tertiary/aromatic N) is 2. The molecule has 0 atom stereocenters. The summed E-state index contributed by atoms with van der Waals surface area (Å²) >= 11 is 0. The Balaban J connectivity index is 1.50. The molecule has 2 aromatic rings. The first-order valence-electron chi connectivity index (χ1n) is 10.5. The first kappa shape index (κ1) is 19.8. The molecule has 0 unspecified atom stereocenters. The quantitative estimate of drug-likeness (QED) is 0.750. The molecule has 7 nitrogen and oxygen atoms in total. The van der Waals surface area contributed by atoms with Gasteiger partial charge in [0.05, 0.1) is 13.2 Å². The standard InChI is InChI=1S/C22H30N4O3/c1-28-19-8-7-17(20(15-19)29-18-5-2-3-6-18)16-24-21(27)22(9-12-23-13-10-22)26-14-4-11-25-26/h4,7-8,11,14-15,18,23H,2-3,5-6,9-10,12-13,16H2,1H3,(H,24,27). The van der Waals surface area contributed by atoms with Gasteiger partial charge in [-0.1, -0.05) is 0 Å². The fourth-order valence-electron chi connectivity index (χ4n) is 4.37. The third kappa shape index (κ3) is 4.24. The third-order valence-corrected chi connectivity index (χ3v) is 6.11. The van der Waals surface area contributed by atoms with E-state index in [1.165, 1.54) is 12.8 Å². The molecule has 2 N–H and O–H groups in total. The predicted octanol–water partition coefficient (Wildman–Crippen LogP) is 2.61. The Morgan fingerprint density at radius 3 is 2.79 bits per heavy atom. The van der Waals surface area contributed by atoms with Crippen molar-refractivity contribution >= 4 is 5.91 Å². The molecule has 0 spiro atoms. The number of carbonyl (C=O) groups excluding carboxylic acids is 1. The molecule has 2 fully saturated rings. The first-order chi connectivity index (χ1) is 14.2. The Labute approximate surface area is 171 Å². The lowest BCUT2D eigenvalue weighted by Gasteiger charge is -2.36. The van der Waals surface area contributed by atoms with Crippen LogP contribution in [0.1, 0.15) is 44.1 Å². The fourth-order valence-corrected chi connectivity index (χ4v) is 4.37. The van der Waals surface area contributed by atoms with Crippen molar-refractivity contribution in [3.05, 3.63) is 42.2 Å². The second-order valence-corrected chi connectivity index (χ2v) is 7.91. The Kier molecular flexibility index (Phi) is 6.04. The number of hydrogen-bond donors (Lipinski definition) is 2. The van der Waals surface area contributed by atoms with Gasteiger partial charge >= 0.3 is 0 Å². The second kappa shape index (κ2) is 8.86. The van der Waals surface area contributed by atoms with Crippen LogP contribution < -0.4 is 20.1 Å². The fraction of sp³-hybridized carbons (Fsp3) is 0.545. The highest BCUT2D eigenvalue weighted by atomic mass is 16.5. The molecule has 2 heterocycles. The van der Waals surface area contributed by atoms with Crippen molar-refractivity contribution in [2.45, 2.75) is 56.7 Å². The Bertz CT molecular complexity index is 809. The summed E-state index contributed by atoms with van der Waals surface area (Å²) in [5.74, 6) is 1.57. The van der Waals surface area contributed by atoms with Gasteiger partial charge in [0.25, 0.3) is 0 Å². The summed E-state index contributed by atoms with van der Waals surface area (Å²) in [4.78, 5) is 13.3. The lowest BCUT2D eigenvalue weighted by Crippen LogP contribution is -2.54. The molecule has 0 radical (unpaired) electrons. The molecule has 2 aliphatic rings. The van der Waals surface area contributed by atoms with E-state index in [1.54, 1.807) is 13.3 Å². The van der Waals surface area contributed by atoms with Gasteiger partial charge in [-0.3, -0.25) is 9.48 Å². The maximum Gasteiger partial charge on any atom is 0.248 e. The summed E-state index contributed by atoms with van der Waals surface area (Å²) in [6.07, 6.45) is 9.87. The van der Waals surface area contributed by atoms with Gasteiger partial charge in [0.1, 0.15) is 17.0 Å². The number of rotatable bonds is 7. The van der Waals surface area contributed by atoms with Crippen LogP contribution in [0.25, 0.3) is 0 Å². The van der Waals surface area contributed by atoms with Crippen LogP contribution in [0.15, 0.2) is 36.7 Å². The summed E-state index contributed by atoms with van der Waals surface area (Å²) < 4.78 is 13.5. The van der Waals surface area contributed by atoms with E-state index in [0.29, 0.717) is 19.4 Å². The van der Waals surface area contributed by atoms with E-state index in [9.17, 15) is 4.79 Å². The first-order valence-corrected chi connectivity index (χ1v) is 10.5. The normalized spacial score (nSPS) is 19.1. The molecule has 156 valence electrons. The summed E-state index contributed by atoms with van der Waals surface area (Å²) in [6.45, 7) is 2.01. The summed E-state index contributed by atoms with van der Waals surface area (Å²) in [7, 11) is 1.65. The van der Waals surface area contributed by atoms with Crippen LogP contribution in [-0.2, 0) is 16.9 Å². The summed E-state index contributed by atoms with van der Waals surface area (Å²) in [5, 5.41) is 10.9. The maximum atomic E-state index is 13.3. The SMILES string of the molecule is COc1ccc(CNC(=O)C2(n3cccn3)CCNCC2)c(OC2CCCC2)c1. The minimum Gasteiger partial charge on any atom is -0.497 e. The van der Waals surface area contributed by atoms with Gasteiger partial charge in [-0.15, -0.1) is 0 Å². The highest BCUT2D eigenvalue weighted by Crippen LogP contribution is 2.31. The van der Waals surface area contributed by atoms with Crippen molar-refractivity contribution in [3.8, 4) is 11.5 Å². The number of benzene rings is 1. The van der Waals surface area contributed by atoms with E-state index in [0.717, 1.165) is 43.0 Å². The summed E-state index contributed by atoms with van der Waals surface area (Å²) in [5.41, 5.74) is 0.323. The number of nitrogens with one attached hydrogen (secondary N) is 2. The van der Waals surface area contributed by atoms with Gasteiger partial charge in [-0.05, 0) is 69.8 Å². The molecule has 1 saturated heterocycles. The lowest BCUT2D eigenvalue weighted by atomic mass is 9.87. The van der Waals surface area contributed by atoms with Gasteiger partial charge in [0.15, 0.2) is 0 Å². The zero-order valence-electron chi connectivity index (χ0n) is 17.0. The molecule has 1 aliphatic heterocycles. The Morgan fingerprint density at radius 2 is 2.10 bits per heavy atom. The summed E-state index contributed by atoms with van der Waals surface area (Å²) in [6, 6.07) is 7.69.